The number of rotatable bonds is 5. The predicted molar refractivity (Wildman–Crippen MR) is 139 cm³/mol. The molecule has 0 saturated carbocycles. The fraction of sp³-hybridized carbons (Fsp3) is 0.0667. The molecular weight excluding hydrogens is 436 g/mol. The summed E-state index contributed by atoms with van der Waals surface area (Å²) in [5, 5.41) is 1.61. The SMILES string of the molecule is O=c1c2oc3cc(N(Cc4ccccc4)Cc4ccccc4)ccc3[nH]c=2c2ccccc2c1=O. The first-order valence-corrected chi connectivity index (χ1v) is 11.5. The van der Waals surface area contributed by atoms with Gasteiger partial charge in [0.1, 0.15) is 0 Å². The van der Waals surface area contributed by atoms with Crippen molar-refractivity contribution in [2.75, 3.05) is 4.90 Å². The van der Waals surface area contributed by atoms with Crippen LogP contribution in [0, 0.1) is 10.8 Å². The first kappa shape index (κ1) is 20.9. The van der Waals surface area contributed by atoms with Gasteiger partial charge in [0.25, 0.3) is 5.43 Å². The van der Waals surface area contributed by atoms with Crippen LogP contribution in [-0.2, 0) is 13.1 Å². The highest BCUT2D eigenvalue weighted by Crippen LogP contribution is 2.25. The molecule has 0 bridgehead atoms. The summed E-state index contributed by atoms with van der Waals surface area (Å²) in [6.45, 7) is 1.42. The van der Waals surface area contributed by atoms with Gasteiger partial charge in [0.05, 0.1) is 10.9 Å². The molecule has 170 valence electrons. The standard InChI is InChI=1S/C30H22N2O3/c33-28-24-14-8-7-13-23(24)27-30(29(28)34)35-26-17-22(15-16-25(26)31-27)32(18-20-9-3-1-4-10-20)19-21-11-5-2-6-12-21/h1-17,31H,18-19H2. The number of fused-ring (bicyclic) bond motifs is 3. The smallest absolute Gasteiger partial charge is 0.270 e. The van der Waals surface area contributed by atoms with E-state index in [-0.39, 0.29) is 5.42 Å². The number of aromatic amines is 1. The molecule has 1 aliphatic heterocycles. The average molecular weight is 459 g/mol. The van der Waals surface area contributed by atoms with Gasteiger partial charge in [0.15, 0.2) is 5.58 Å². The normalized spacial score (nSPS) is 11.3. The number of hydrogen-bond donors (Lipinski definition) is 1. The van der Waals surface area contributed by atoms with Crippen LogP contribution in [0.4, 0.5) is 5.69 Å². The van der Waals surface area contributed by atoms with Crippen molar-refractivity contribution in [2.24, 2.45) is 0 Å². The Morgan fingerprint density at radius 1 is 0.657 bits per heavy atom. The molecule has 0 atom stereocenters. The molecule has 1 aliphatic carbocycles. The maximum atomic E-state index is 12.9. The first-order valence-electron chi connectivity index (χ1n) is 11.5. The second kappa shape index (κ2) is 8.61. The molecule has 5 heteroatoms. The van der Waals surface area contributed by atoms with E-state index >= 15 is 0 Å². The van der Waals surface area contributed by atoms with E-state index in [2.05, 4.69) is 34.1 Å². The molecule has 0 radical (unpaired) electrons. The zero-order valence-corrected chi connectivity index (χ0v) is 18.9. The van der Waals surface area contributed by atoms with Gasteiger partial charge in [0.2, 0.25) is 10.8 Å². The highest BCUT2D eigenvalue weighted by Gasteiger charge is 2.14. The van der Waals surface area contributed by atoms with E-state index in [4.69, 9.17) is 4.42 Å². The minimum absolute atomic E-state index is 0.0519. The third-order valence-electron chi connectivity index (χ3n) is 6.32. The van der Waals surface area contributed by atoms with E-state index in [0.29, 0.717) is 34.8 Å². The van der Waals surface area contributed by atoms with Crippen molar-refractivity contribution in [3.8, 4) is 0 Å². The molecule has 35 heavy (non-hydrogen) atoms. The van der Waals surface area contributed by atoms with Crippen LogP contribution < -0.4 is 15.8 Å². The predicted octanol–water partition coefficient (Wildman–Crippen LogP) is 5.57. The fourth-order valence-electron chi connectivity index (χ4n) is 4.57. The number of aromatic nitrogens is 1. The summed E-state index contributed by atoms with van der Waals surface area (Å²) in [5.41, 5.74) is 3.48. The molecule has 4 aromatic rings. The van der Waals surface area contributed by atoms with E-state index in [1.807, 2.05) is 66.7 Å². The third kappa shape index (κ3) is 3.87. The van der Waals surface area contributed by atoms with Crippen LogP contribution in [0.25, 0.3) is 21.9 Å². The van der Waals surface area contributed by atoms with Gasteiger partial charge in [-0.1, -0.05) is 84.9 Å². The number of hydrogen-bond acceptors (Lipinski definition) is 4. The Labute approximate surface area is 200 Å². The molecule has 0 saturated heterocycles. The van der Waals surface area contributed by atoms with Gasteiger partial charge in [0, 0.05) is 35.6 Å². The van der Waals surface area contributed by atoms with E-state index in [9.17, 15) is 9.59 Å². The molecule has 0 unspecified atom stereocenters. The summed E-state index contributed by atoms with van der Waals surface area (Å²) in [6.07, 6.45) is 0. The Morgan fingerprint density at radius 3 is 1.91 bits per heavy atom. The fourth-order valence-corrected chi connectivity index (χ4v) is 4.57. The van der Waals surface area contributed by atoms with Crippen LogP contribution >= 0.6 is 0 Å². The summed E-state index contributed by atoms with van der Waals surface area (Å²) >= 11 is 0. The largest absolute Gasteiger partial charge is 0.449 e. The lowest BCUT2D eigenvalue weighted by molar-refractivity contribution is 0.556. The number of anilines is 1. The lowest BCUT2D eigenvalue weighted by atomic mass is 10.1. The molecule has 6 rings (SSSR count). The van der Waals surface area contributed by atoms with Crippen LogP contribution in [0.15, 0.2) is 117 Å². The van der Waals surface area contributed by atoms with Gasteiger partial charge in [-0.15, -0.1) is 0 Å². The number of H-pyrrole nitrogens is 1. The molecular formula is C30H22N2O3. The first-order chi connectivity index (χ1) is 17.2. The molecule has 0 aromatic heterocycles. The lowest BCUT2D eigenvalue weighted by Crippen LogP contribution is -2.25. The quantitative estimate of drug-likeness (QED) is 0.343. The summed E-state index contributed by atoms with van der Waals surface area (Å²) in [7, 11) is 0. The lowest BCUT2D eigenvalue weighted by Gasteiger charge is -2.25. The zero-order valence-electron chi connectivity index (χ0n) is 18.9. The number of benzene rings is 4. The van der Waals surface area contributed by atoms with Gasteiger partial charge in [-0.05, 0) is 23.3 Å². The molecule has 0 fully saturated rings. The molecule has 1 heterocycles. The summed E-state index contributed by atoms with van der Waals surface area (Å²) < 4.78 is 6.09. The van der Waals surface area contributed by atoms with Gasteiger partial charge < -0.3 is 14.3 Å². The van der Waals surface area contributed by atoms with Crippen molar-refractivity contribution in [2.45, 2.75) is 13.1 Å². The molecule has 0 spiro atoms. The van der Waals surface area contributed by atoms with Crippen molar-refractivity contribution < 1.29 is 4.42 Å². The van der Waals surface area contributed by atoms with E-state index in [1.54, 1.807) is 12.1 Å². The van der Waals surface area contributed by atoms with Crippen molar-refractivity contribution in [3.63, 3.8) is 0 Å². The molecule has 0 amide bonds. The minimum atomic E-state index is -0.632. The minimum Gasteiger partial charge on any atom is -0.449 e. The third-order valence-corrected chi connectivity index (χ3v) is 6.32. The molecule has 5 nitrogen and oxygen atoms in total. The Morgan fingerprint density at radius 2 is 1.26 bits per heavy atom. The maximum Gasteiger partial charge on any atom is 0.270 e. The van der Waals surface area contributed by atoms with Gasteiger partial charge in [-0.2, -0.15) is 0 Å². The Bertz CT molecular complexity index is 1800. The second-order valence-corrected chi connectivity index (χ2v) is 8.64. The molecule has 1 N–H and O–H groups in total. The van der Waals surface area contributed by atoms with Gasteiger partial charge in [-0.3, -0.25) is 9.59 Å². The van der Waals surface area contributed by atoms with E-state index in [1.165, 1.54) is 11.1 Å². The van der Waals surface area contributed by atoms with Crippen LogP contribution in [0.5, 0.6) is 0 Å². The Balaban J connectivity index is 1.52. The summed E-state index contributed by atoms with van der Waals surface area (Å²) in [6, 6.07) is 33.6. The number of nitrogens with zero attached hydrogens (tertiary/aromatic N) is 1. The number of nitrogens with one attached hydrogen (secondary N) is 1. The Kier molecular flexibility index (Phi) is 5.15. The highest BCUT2D eigenvalue weighted by molar-refractivity contribution is 5.84. The summed E-state index contributed by atoms with van der Waals surface area (Å²) in [5.74, 6) is 0. The van der Waals surface area contributed by atoms with E-state index in [0.717, 1.165) is 11.2 Å². The van der Waals surface area contributed by atoms with E-state index < -0.39 is 10.9 Å². The topological polar surface area (TPSA) is 66.3 Å². The van der Waals surface area contributed by atoms with Crippen molar-refractivity contribution in [3.05, 3.63) is 145 Å². The molecule has 4 aromatic carbocycles. The Hall–Kier alpha value is -4.64. The monoisotopic (exact) mass is 458 g/mol. The maximum absolute atomic E-state index is 12.9. The highest BCUT2D eigenvalue weighted by atomic mass is 16.3. The van der Waals surface area contributed by atoms with Gasteiger partial charge >= 0.3 is 0 Å². The van der Waals surface area contributed by atoms with Crippen molar-refractivity contribution in [1.82, 2.24) is 4.98 Å². The second-order valence-electron chi connectivity index (χ2n) is 8.64. The van der Waals surface area contributed by atoms with Crippen molar-refractivity contribution in [1.29, 1.82) is 0 Å². The van der Waals surface area contributed by atoms with Gasteiger partial charge in [-0.25, -0.2) is 0 Å². The van der Waals surface area contributed by atoms with Crippen LogP contribution in [0.3, 0.4) is 0 Å². The van der Waals surface area contributed by atoms with Crippen LogP contribution in [0.2, 0.25) is 0 Å². The zero-order chi connectivity index (χ0) is 23.8. The summed E-state index contributed by atoms with van der Waals surface area (Å²) in [4.78, 5) is 31.1. The van der Waals surface area contributed by atoms with Crippen LogP contribution in [0.1, 0.15) is 11.1 Å². The molecule has 2 aliphatic rings. The van der Waals surface area contributed by atoms with Crippen molar-refractivity contribution >= 4 is 27.6 Å². The van der Waals surface area contributed by atoms with Crippen LogP contribution in [-0.4, -0.2) is 4.98 Å². The average Bonchev–Trinajstić information content (AvgIpc) is 2.91.